The number of carboxylic acids is 1. The first-order valence-corrected chi connectivity index (χ1v) is 8.30. The zero-order valence-electron chi connectivity index (χ0n) is 14.9. The largest absolute Gasteiger partial charge is 0.480 e. The molecule has 22 heavy (non-hydrogen) atoms. The lowest BCUT2D eigenvalue weighted by Crippen LogP contribution is -2.47. The quantitative estimate of drug-likeness (QED) is 0.381. The molecule has 0 saturated heterocycles. The Labute approximate surface area is 135 Å². The molecule has 0 aromatic heterocycles. The Balaban J connectivity index is 4.34. The van der Waals surface area contributed by atoms with E-state index in [1.807, 2.05) is 20.8 Å². The Morgan fingerprint density at radius 3 is 2.36 bits per heavy atom. The van der Waals surface area contributed by atoms with Crippen molar-refractivity contribution in [3.05, 3.63) is 12.5 Å². The van der Waals surface area contributed by atoms with E-state index in [-0.39, 0.29) is 0 Å². The van der Waals surface area contributed by atoms with Crippen molar-refractivity contribution in [1.82, 2.24) is 10.6 Å². The van der Waals surface area contributed by atoms with Gasteiger partial charge in [0, 0.05) is 12.6 Å². The van der Waals surface area contributed by atoms with Crippen LogP contribution in [0.1, 0.15) is 66.7 Å². The minimum Gasteiger partial charge on any atom is -0.480 e. The van der Waals surface area contributed by atoms with Gasteiger partial charge in [0.15, 0.2) is 5.88 Å². The summed E-state index contributed by atoms with van der Waals surface area (Å²) in [5.41, 5.74) is -0.396. The Bertz CT molecular complexity index is 337. The number of rotatable bonds is 12. The predicted molar refractivity (Wildman–Crippen MR) is 90.8 cm³/mol. The summed E-state index contributed by atoms with van der Waals surface area (Å²) >= 11 is 0. The summed E-state index contributed by atoms with van der Waals surface area (Å²) in [6, 6.07) is -0.387. The Morgan fingerprint density at radius 1 is 1.27 bits per heavy atom. The minimum absolute atomic E-state index is 0.292. The second-order valence-corrected chi connectivity index (χ2v) is 6.68. The van der Waals surface area contributed by atoms with Gasteiger partial charge in [-0.05, 0) is 40.2 Å². The van der Waals surface area contributed by atoms with Gasteiger partial charge in [-0.2, -0.15) is 0 Å². The lowest BCUT2D eigenvalue weighted by molar-refractivity contribution is -0.139. The monoisotopic (exact) mass is 314 g/mol. The number of hydrogen-bond acceptors (Lipinski definition) is 4. The van der Waals surface area contributed by atoms with Crippen molar-refractivity contribution < 1.29 is 14.6 Å². The van der Waals surface area contributed by atoms with Crippen molar-refractivity contribution >= 4 is 5.97 Å². The number of aliphatic carboxylic acids is 1. The maximum atomic E-state index is 11.4. The molecule has 0 spiro atoms. The Hall–Kier alpha value is -1.23. The van der Waals surface area contributed by atoms with E-state index in [9.17, 15) is 9.90 Å². The van der Waals surface area contributed by atoms with Gasteiger partial charge in [-0.3, -0.25) is 0 Å². The minimum atomic E-state index is -0.908. The fourth-order valence-electron chi connectivity index (χ4n) is 2.17. The third-order valence-electron chi connectivity index (χ3n) is 3.32. The molecule has 5 nitrogen and oxygen atoms in total. The maximum Gasteiger partial charge on any atom is 0.327 e. The fraction of sp³-hybridized carbons (Fsp3) is 0.824. The van der Waals surface area contributed by atoms with Crippen LogP contribution in [0.4, 0.5) is 0 Å². The standard InChI is InChI=1S/C17H34N2O3/c1-7-9-10-11-14(8-2)18-12-15(16(20)21)19-13(3)22-17(4,5)6/h14-15,18-19H,3,7-12H2,1-2,4-6H3,(H,20,21)/t14-,15-/m0/s1. The highest BCUT2D eigenvalue weighted by atomic mass is 16.5. The normalized spacial score (nSPS) is 14.2. The van der Waals surface area contributed by atoms with Crippen molar-refractivity contribution in [3.63, 3.8) is 0 Å². The van der Waals surface area contributed by atoms with E-state index in [1.54, 1.807) is 0 Å². The zero-order valence-corrected chi connectivity index (χ0v) is 14.9. The number of ether oxygens (including phenoxy) is 1. The highest BCUT2D eigenvalue weighted by Crippen LogP contribution is 2.11. The second kappa shape index (κ2) is 10.5. The SMILES string of the molecule is C=C(N[C@@H](CN[C@@H](CC)CCCCC)C(=O)O)OC(C)(C)C. The summed E-state index contributed by atoms with van der Waals surface area (Å²) in [7, 11) is 0. The highest BCUT2D eigenvalue weighted by molar-refractivity contribution is 5.74. The smallest absolute Gasteiger partial charge is 0.327 e. The lowest BCUT2D eigenvalue weighted by atomic mass is 10.1. The number of hydrogen-bond donors (Lipinski definition) is 3. The van der Waals surface area contributed by atoms with E-state index >= 15 is 0 Å². The maximum absolute atomic E-state index is 11.4. The topological polar surface area (TPSA) is 70.6 Å². The zero-order chi connectivity index (χ0) is 17.2. The van der Waals surface area contributed by atoms with Gasteiger partial charge >= 0.3 is 5.97 Å². The van der Waals surface area contributed by atoms with Crippen LogP contribution >= 0.6 is 0 Å². The lowest BCUT2D eigenvalue weighted by Gasteiger charge is -2.26. The van der Waals surface area contributed by atoms with Crippen LogP contribution in [-0.4, -0.2) is 35.3 Å². The molecule has 0 saturated carbocycles. The van der Waals surface area contributed by atoms with Gasteiger partial charge in [-0.25, -0.2) is 4.79 Å². The molecule has 0 unspecified atom stereocenters. The van der Waals surface area contributed by atoms with E-state index in [2.05, 4.69) is 31.1 Å². The highest BCUT2D eigenvalue weighted by Gasteiger charge is 2.21. The van der Waals surface area contributed by atoms with Crippen molar-refractivity contribution in [2.45, 2.75) is 84.4 Å². The fourth-order valence-corrected chi connectivity index (χ4v) is 2.17. The second-order valence-electron chi connectivity index (χ2n) is 6.68. The van der Waals surface area contributed by atoms with Crippen LogP contribution in [0.25, 0.3) is 0 Å². The first-order valence-electron chi connectivity index (χ1n) is 8.30. The predicted octanol–water partition coefficient (Wildman–Crippen LogP) is 3.26. The molecule has 3 N–H and O–H groups in total. The number of carboxylic acid groups (broad SMARTS) is 1. The average molecular weight is 314 g/mol. The van der Waals surface area contributed by atoms with Crippen molar-refractivity contribution in [3.8, 4) is 0 Å². The van der Waals surface area contributed by atoms with Gasteiger partial charge < -0.3 is 20.5 Å². The van der Waals surface area contributed by atoms with Crippen LogP contribution in [0, 0.1) is 0 Å². The molecule has 0 fully saturated rings. The summed E-state index contributed by atoms with van der Waals surface area (Å²) in [4.78, 5) is 11.4. The van der Waals surface area contributed by atoms with E-state index in [0.29, 0.717) is 18.5 Å². The molecule has 0 rings (SSSR count). The van der Waals surface area contributed by atoms with Gasteiger partial charge in [-0.1, -0.05) is 33.1 Å². The Morgan fingerprint density at radius 2 is 1.91 bits per heavy atom. The van der Waals surface area contributed by atoms with E-state index < -0.39 is 17.6 Å². The van der Waals surface area contributed by atoms with Crippen LogP contribution in [0.2, 0.25) is 0 Å². The third kappa shape index (κ3) is 10.5. The molecule has 0 aliphatic carbocycles. The molecular formula is C17H34N2O3. The molecule has 0 bridgehead atoms. The summed E-state index contributed by atoms with van der Waals surface area (Å²) in [6.45, 7) is 14.1. The number of nitrogens with one attached hydrogen (secondary N) is 2. The third-order valence-corrected chi connectivity index (χ3v) is 3.32. The van der Waals surface area contributed by atoms with Crippen LogP contribution in [0.5, 0.6) is 0 Å². The van der Waals surface area contributed by atoms with Crippen molar-refractivity contribution in [1.29, 1.82) is 0 Å². The van der Waals surface area contributed by atoms with Crippen LogP contribution in [0.3, 0.4) is 0 Å². The molecule has 0 radical (unpaired) electrons. The van der Waals surface area contributed by atoms with Crippen molar-refractivity contribution in [2.24, 2.45) is 0 Å². The summed E-state index contributed by atoms with van der Waals surface area (Å²) < 4.78 is 5.53. The van der Waals surface area contributed by atoms with Gasteiger partial charge in [0.1, 0.15) is 11.6 Å². The van der Waals surface area contributed by atoms with Gasteiger partial charge in [0.05, 0.1) is 0 Å². The molecule has 2 atom stereocenters. The number of unbranched alkanes of at least 4 members (excludes halogenated alkanes) is 2. The number of carbonyl (C=O) groups is 1. The Kier molecular flexibility index (Phi) is 9.90. The molecule has 0 amide bonds. The van der Waals surface area contributed by atoms with Gasteiger partial charge in [0.25, 0.3) is 0 Å². The van der Waals surface area contributed by atoms with E-state index in [1.165, 1.54) is 19.3 Å². The van der Waals surface area contributed by atoms with Crippen LogP contribution < -0.4 is 10.6 Å². The first-order chi connectivity index (χ1) is 10.2. The first kappa shape index (κ1) is 20.8. The summed E-state index contributed by atoms with van der Waals surface area (Å²) in [5, 5.41) is 15.5. The molecule has 0 aliphatic rings. The summed E-state index contributed by atoms with van der Waals surface area (Å²) in [5.74, 6) is -0.615. The van der Waals surface area contributed by atoms with E-state index in [4.69, 9.17) is 4.74 Å². The van der Waals surface area contributed by atoms with Crippen LogP contribution in [0.15, 0.2) is 12.5 Å². The molecule has 130 valence electrons. The molecular weight excluding hydrogens is 280 g/mol. The molecule has 0 aliphatic heterocycles. The van der Waals surface area contributed by atoms with E-state index in [0.717, 1.165) is 12.8 Å². The molecule has 0 heterocycles. The average Bonchev–Trinajstić information content (AvgIpc) is 2.38. The molecule has 0 aromatic carbocycles. The van der Waals surface area contributed by atoms with Gasteiger partial charge in [0.2, 0.25) is 0 Å². The summed E-state index contributed by atoms with van der Waals surface area (Å²) in [6.07, 6.45) is 5.66. The molecule has 5 heteroatoms. The molecule has 0 aromatic rings. The van der Waals surface area contributed by atoms with Crippen molar-refractivity contribution in [2.75, 3.05) is 6.54 Å². The van der Waals surface area contributed by atoms with Gasteiger partial charge in [-0.15, -0.1) is 0 Å². The van der Waals surface area contributed by atoms with Crippen LogP contribution in [-0.2, 0) is 9.53 Å².